The lowest BCUT2D eigenvalue weighted by Crippen LogP contribution is -2.47. The molecule has 2 rings (SSSR count). The summed E-state index contributed by atoms with van der Waals surface area (Å²) in [6.45, 7) is 5.82. The van der Waals surface area contributed by atoms with Gasteiger partial charge in [-0.05, 0) is 48.9 Å². The van der Waals surface area contributed by atoms with Crippen molar-refractivity contribution in [3.05, 3.63) is 35.1 Å². The van der Waals surface area contributed by atoms with Crippen LogP contribution in [0.2, 0.25) is 0 Å². The predicted molar refractivity (Wildman–Crippen MR) is 77.4 cm³/mol. The second-order valence-corrected chi connectivity index (χ2v) is 6.16. The second-order valence-electron chi connectivity index (χ2n) is 6.16. The molecule has 1 aliphatic rings. The number of hydrogen-bond acceptors (Lipinski definition) is 3. The third-order valence-corrected chi connectivity index (χ3v) is 4.34. The van der Waals surface area contributed by atoms with Crippen LogP contribution in [0.25, 0.3) is 0 Å². The van der Waals surface area contributed by atoms with Crippen molar-refractivity contribution >= 4 is 11.8 Å². The number of esters is 1. The molecule has 1 aromatic rings. The van der Waals surface area contributed by atoms with Gasteiger partial charge in [-0.15, -0.1) is 0 Å². The van der Waals surface area contributed by atoms with Crippen molar-refractivity contribution in [3.63, 3.8) is 0 Å². The number of carbonyl (C=O) groups excluding carboxylic acids is 2. The van der Waals surface area contributed by atoms with Crippen LogP contribution < -0.4 is 0 Å². The average molecular weight is 292 g/mol. The molecular formula is C17H21FO3. The number of halogens is 1. The molecule has 0 bridgehead atoms. The normalized spacial score (nSPS) is 22.5. The van der Waals surface area contributed by atoms with E-state index in [-0.39, 0.29) is 30.4 Å². The maximum atomic E-state index is 13.4. The fourth-order valence-corrected chi connectivity index (χ4v) is 2.86. The van der Waals surface area contributed by atoms with Crippen molar-refractivity contribution in [2.45, 2.75) is 52.1 Å². The highest BCUT2D eigenvalue weighted by Gasteiger charge is 2.43. The van der Waals surface area contributed by atoms with Crippen molar-refractivity contribution in [1.29, 1.82) is 0 Å². The van der Waals surface area contributed by atoms with Gasteiger partial charge in [0.05, 0.1) is 0 Å². The molecule has 0 N–H and O–H groups in total. The molecule has 1 unspecified atom stereocenters. The zero-order chi connectivity index (χ0) is 15.6. The van der Waals surface area contributed by atoms with Crippen LogP contribution in [0.5, 0.6) is 0 Å². The Hall–Kier alpha value is -1.71. The number of carbonyl (C=O) groups is 2. The quantitative estimate of drug-likeness (QED) is 0.631. The number of Topliss-reactive ketones (excluding diaryl/α,β-unsaturated/α-hetero) is 1. The molecule has 1 atom stereocenters. The van der Waals surface area contributed by atoms with Gasteiger partial charge in [-0.3, -0.25) is 9.59 Å². The van der Waals surface area contributed by atoms with Crippen LogP contribution in [0.1, 0.15) is 44.2 Å². The van der Waals surface area contributed by atoms with E-state index in [4.69, 9.17) is 4.74 Å². The van der Waals surface area contributed by atoms with Crippen LogP contribution in [-0.4, -0.2) is 17.4 Å². The summed E-state index contributed by atoms with van der Waals surface area (Å²) in [4.78, 5) is 23.4. The first kappa shape index (κ1) is 15.7. The lowest BCUT2D eigenvalue weighted by molar-refractivity contribution is -0.177. The van der Waals surface area contributed by atoms with E-state index < -0.39 is 11.6 Å². The maximum absolute atomic E-state index is 13.4. The molecule has 114 valence electrons. The molecular weight excluding hydrogens is 271 g/mol. The Bertz CT molecular complexity index is 547. The fourth-order valence-electron chi connectivity index (χ4n) is 2.86. The van der Waals surface area contributed by atoms with Crippen LogP contribution in [0.15, 0.2) is 18.2 Å². The smallest absolute Gasteiger partial charge is 0.313 e. The van der Waals surface area contributed by atoms with Gasteiger partial charge in [0.15, 0.2) is 0 Å². The molecule has 0 aromatic heterocycles. The maximum Gasteiger partial charge on any atom is 0.313 e. The number of aryl methyl sites for hydroxylation is 2. The number of ether oxygens (including phenoxy) is 1. The van der Waals surface area contributed by atoms with Gasteiger partial charge >= 0.3 is 5.97 Å². The van der Waals surface area contributed by atoms with E-state index in [1.54, 1.807) is 6.07 Å². The van der Waals surface area contributed by atoms with Crippen molar-refractivity contribution in [3.8, 4) is 0 Å². The van der Waals surface area contributed by atoms with Gasteiger partial charge < -0.3 is 4.74 Å². The number of ketones is 1. The summed E-state index contributed by atoms with van der Waals surface area (Å²) in [6.07, 6.45) is 1.24. The zero-order valence-corrected chi connectivity index (χ0v) is 12.7. The summed E-state index contributed by atoms with van der Waals surface area (Å²) in [5.74, 6) is -0.752. The lowest BCUT2D eigenvalue weighted by atomic mass is 9.78. The van der Waals surface area contributed by atoms with Gasteiger partial charge in [-0.25, -0.2) is 4.39 Å². The Morgan fingerprint density at radius 3 is 2.67 bits per heavy atom. The second kappa shape index (κ2) is 5.96. The molecule has 1 aromatic carbocycles. The molecule has 1 saturated heterocycles. The van der Waals surface area contributed by atoms with E-state index >= 15 is 0 Å². The zero-order valence-electron chi connectivity index (χ0n) is 12.7. The molecule has 4 heteroatoms. The van der Waals surface area contributed by atoms with Gasteiger partial charge in [0.2, 0.25) is 0 Å². The van der Waals surface area contributed by atoms with Gasteiger partial charge in [0.1, 0.15) is 23.6 Å². The molecule has 1 fully saturated rings. The standard InChI is InChI=1S/C17H21FO3/c1-11(2)17(10-15(19)9-16(20)21-17)7-6-13-8-14(18)5-4-12(13)3/h4-5,8,11H,6-7,9-10H2,1-3H3. The summed E-state index contributed by atoms with van der Waals surface area (Å²) < 4.78 is 18.9. The Kier molecular flexibility index (Phi) is 4.45. The predicted octanol–water partition coefficient (Wildman–Crippen LogP) is 3.37. The van der Waals surface area contributed by atoms with E-state index in [0.29, 0.717) is 12.8 Å². The summed E-state index contributed by atoms with van der Waals surface area (Å²) in [6, 6.07) is 4.68. The highest BCUT2D eigenvalue weighted by molar-refractivity contribution is 5.98. The first-order valence-electron chi connectivity index (χ1n) is 7.31. The first-order valence-corrected chi connectivity index (χ1v) is 7.31. The first-order chi connectivity index (χ1) is 9.82. The van der Waals surface area contributed by atoms with Gasteiger partial charge in [0, 0.05) is 6.42 Å². The molecule has 0 spiro atoms. The number of hydrogen-bond donors (Lipinski definition) is 0. The van der Waals surface area contributed by atoms with E-state index in [9.17, 15) is 14.0 Å². The van der Waals surface area contributed by atoms with E-state index in [1.807, 2.05) is 20.8 Å². The fraction of sp³-hybridized carbons (Fsp3) is 0.529. The summed E-state index contributed by atoms with van der Waals surface area (Å²) in [5.41, 5.74) is 1.14. The Labute approximate surface area is 124 Å². The highest BCUT2D eigenvalue weighted by Crippen LogP contribution is 2.35. The topological polar surface area (TPSA) is 43.4 Å². The number of rotatable bonds is 4. The van der Waals surface area contributed by atoms with Crippen LogP contribution in [0.3, 0.4) is 0 Å². The largest absolute Gasteiger partial charge is 0.458 e. The SMILES string of the molecule is Cc1ccc(F)cc1CCC1(C(C)C)CC(=O)CC(=O)O1. The van der Waals surface area contributed by atoms with Crippen LogP contribution in [0, 0.1) is 18.7 Å². The van der Waals surface area contributed by atoms with Crippen molar-refractivity contribution in [2.75, 3.05) is 0 Å². The average Bonchev–Trinajstić information content (AvgIpc) is 2.38. The number of cyclic esters (lactones) is 1. The van der Waals surface area contributed by atoms with E-state index in [2.05, 4.69) is 0 Å². The minimum absolute atomic E-state index is 0.0413. The van der Waals surface area contributed by atoms with Crippen molar-refractivity contribution in [1.82, 2.24) is 0 Å². The summed E-state index contributed by atoms with van der Waals surface area (Å²) >= 11 is 0. The van der Waals surface area contributed by atoms with Crippen LogP contribution in [-0.2, 0) is 20.7 Å². The van der Waals surface area contributed by atoms with Gasteiger partial charge in [0.25, 0.3) is 0 Å². The summed E-state index contributed by atoms with van der Waals surface area (Å²) in [7, 11) is 0. The van der Waals surface area contributed by atoms with Crippen LogP contribution >= 0.6 is 0 Å². The minimum atomic E-state index is -0.759. The van der Waals surface area contributed by atoms with E-state index in [1.165, 1.54) is 12.1 Å². The van der Waals surface area contributed by atoms with Crippen molar-refractivity contribution in [2.24, 2.45) is 5.92 Å². The Balaban J connectivity index is 2.19. The Morgan fingerprint density at radius 2 is 2.05 bits per heavy atom. The van der Waals surface area contributed by atoms with Crippen molar-refractivity contribution < 1.29 is 18.7 Å². The molecule has 21 heavy (non-hydrogen) atoms. The lowest BCUT2D eigenvalue weighted by Gasteiger charge is -2.39. The van der Waals surface area contributed by atoms with Gasteiger partial charge in [-0.1, -0.05) is 19.9 Å². The highest BCUT2D eigenvalue weighted by atomic mass is 19.1. The summed E-state index contributed by atoms with van der Waals surface area (Å²) in [5, 5.41) is 0. The van der Waals surface area contributed by atoms with Gasteiger partial charge in [-0.2, -0.15) is 0 Å². The molecule has 0 aliphatic carbocycles. The minimum Gasteiger partial charge on any atom is -0.458 e. The third kappa shape index (κ3) is 3.49. The van der Waals surface area contributed by atoms with Crippen LogP contribution in [0.4, 0.5) is 4.39 Å². The molecule has 3 nitrogen and oxygen atoms in total. The van der Waals surface area contributed by atoms with E-state index in [0.717, 1.165) is 11.1 Å². The molecule has 1 aliphatic heterocycles. The molecule has 0 radical (unpaired) electrons. The number of benzene rings is 1. The monoisotopic (exact) mass is 292 g/mol. The molecule has 0 amide bonds. The molecule has 0 saturated carbocycles. The third-order valence-electron chi connectivity index (χ3n) is 4.34. The molecule has 1 heterocycles. The Morgan fingerprint density at radius 1 is 1.33 bits per heavy atom.